The molecule has 23 heavy (non-hydrogen) atoms. The van der Waals surface area contributed by atoms with Gasteiger partial charge >= 0.3 is 0 Å². The fourth-order valence-corrected chi connectivity index (χ4v) is 2.57. The first-order valence-electron chi connectivity index (χ1n) is 7.83. The van der Waals surface area contributed by atoms with Crippen molar-refractivity contribution in [1.82, 2.24) is 0 Å². The Morgan fingerprint density at radius 3 is 1.70 bits per heavy atom. The summed E-state index contributed by atoms with van der Waals surface area (Å²) in [6.07, 6.45) is 0.715. The summed E-state index contributed by atoms with van der Waals surface area (Å²) in [4.78, 5) is 35.8. The van der Waals surface area contributed by atoms with Gasteiger partial charge < -0.3 is 0 Å². The van der Waals surface area contributed by atoms with Crippen molar-refractivity contribution in [2.24, 2.45) is 0 Å². The Labute approximate surface area is 136 Å². The lowest BCUT2D eigenvalue weighted by molar-refractivity contribution is -0.144. The number of benzene rings is 2. The highest BCUT2D eigenvalue weighted by Crippen LogP contribution is 2.28. The molecule has 0 amide bonds. The van der Waals surface area contributed by atoms with Gasteiger partial charge in [0.15, 0.2) is 0 Å². The van der Waals surface area contributed by atoms with Crippen LogP contribution < -0.4 is 0 Å². The number of rotatable bonds is 8. The van der Waals surface area contributed by atoms with Crippen LogP contribution in [0.2, 0.25) is 0 Å². The number of hydrogen-bond acceptors (Lipinski definition) is 3. The van der Waals surface area contributed by atoms with Gasteiger partial charge in [-0.1, -0.05) is 67.6 Å². The van der Waals surface area contributed by atoms with Gasteiger partial charge in [0, 0.05) is 18.8 Å². The third kappa shape index (κ3) is 4.46. The monoisotopic (exact) mass is 308 g/mol. The quantitative estimate of drug-likeness (QED) is 0.551. The molecule has 3 heteroatoms. The van der Waals surface area contributed by atoms with Gasteiger partial charge in [-0.05, 0) is 17.5 Å². The van der Waals surface area contributed by atoms with Crippen molar-refractivity contribution in [2.45, 2.75) is 32.1 Å². The van der Waals surface area contributed by atoms with E-state index in [9.17, 15) is 14.4 Å². The van der Waals surface area contributed by atoms with Crippen LogP contribution in [0.5, 0.6) is 0 Å². The lowest BCUT2D eigenvalue weighted by Gasteiger charge is -2.17. The molecular weight excluding hydrogens is 288 g/mol. The Morgan fingerprint density at radius 1 is 0.783 bits per heavy atom. The van der Waals surface area contributed by atoms with Gasteiger partial charge in [0.25, 0.3) is 5.78 Å². The number of carbonyl (C=O) groups excluding carboxylic acids is 3. The first-order chi connectivity index (χ1) is 11.1. The zero-order chi connectivity index (χ0) is 16.7. The van der Waals surface area contributed by atoms with E-state index in [-0.39, 0.29) is 18.8 Å². The van der Waals surface area contributed by atoms with Crippen LogP contribution in [0.25, 0.3) is 0 Å². The lowest BCUT2D eigenvalue weighted by atomic mass is 9.86. The van der Waals surface area contributed by atoms with Gasteiger partial charge in [-0.2, -0.15) is 0 Å². The summed E-state index contributed by atoms with van der Waals surface area (Å²) < 4.78 is 0. The molecule has 2 aromatic rings. The van der Waals surface area contributed by atoms with E-state index >= 15 is 0 Å². The molecule has 0 saturated carbocycles. The zero-order valence-electron chi connectivity index (χ0n) is 13.2. The molecule has 0 aromatic heterocycles. The minimum atomic E-state index is -0.872. The normalized spacial score (nSPS) is 10.5. The van der Waals surface area contributed by atoms with E-state index in [2.05, 4.69) is 0 Å². The van der Waals surface area contributed by atoms with Crippen molar-refractivity contribution in [1.29, 1.82) is 0 Å². The van der Waals surface area contributed by atoms with E-state index in [0.29, 0.717) is 6.42 Å². The summed E-state index contributed by atoms with van der Waals surface area (Å²) in [7, 11) is 0. The molecule has 0 aliphatic carbocycles. The minimum Gasteiger partial charge on any atom is -0.290 e. The SMILES string of the molecule is CCCC(=O)C(=O)C(=O)CC(c1ccccc1)c1ccccc1. The summed E-state index contributed by atoms with van der Waals surface area (Å²) in [6, 6.07) is 19.2. The summed E-state index contributed by atoms with van der Waals surface area (Å²) in [5.41, 5.74) is 1.92. The fourth-order valence-electron chi connectivity index (χ4n) is 2.57. The van der Waals surface area contributed by atoms with E-state index in [4.69, 9.17) is 0 Å². The Morgan fingerprint density at radius 2 is 1.26 bits per heavy atom. The van der Waals surface area contributed by atoms with E-state index in [0.717, 1.165) is 11.1 Å². The van der Waals surface area contributed by atoms with Gasteiger partial charge in [0.1, 0.15) is 0 Å². The largest absolute Gasteiger partial charge is 0.290 e. The van der Waals surface area contributed by atoms with Gasteiger partial charge in [-0.3, -0.25) is 14.4 Å². The second-order valence-electron chi connectivity index (χ2n) is 5.50. The van der Waals surface area contributed by atoms with Crippen molar-refractivity contribution in [3.63, 3.8) is 0 Å². The summed E-state index contributed by atoms with van der Waals surface area (Å²) in [6.45, 7) is 1.81. The molecule has 0 saturated heterocycles. The predicted molar refractivity (Wildman–Crippen MR) is 89.3 cm³/mol. The van der Waals surface area contributed by atoms with Gasteiger partial charge in [0.2, 0.25) is 11.6 Å². The maximum absolute atomic E-state index is 12.2. The van der Waals surface area contributed by atoms with E-state index in [1.807, 2.05) is 67.6 Å². The van der Waals surface area contributed by atoms with Crippen LogP contribution in [0.3, 0.4) is 0 Å². The second kappa shape index (κ2) is 8.18. The molecule has 0 atom stereocenters. The predicted octanol–water partition coefficient (Wildman–Crippen LogP) is 3.72. The van der Waals surface area contributed by atoms with Crippen molar-refractivity contribution >= 4 is 17.3 Å². The fraction of sp³-hybridized carbons (Fsp3) is 0.250. The molecule has 0 radical (unpaired) electrons. The molecule has 0 aliphatic heterocycles. The molecule has 0 bridgehead atoms. The number of Topliss-reactive ketones (excluding diaryl/α,β-unsaturated/α-hetero) is 3. The molecule has 0 heterocycles. The molecule has 0 N–H and O–H groups in total. The average molecular weight is 308 g/mol. The van der Waals surface area contributed by atoms with Crippen molar-refractivity contribution < 1.29 is 14.4 Å². The van der Waals surface area contributed by atoms with Crippen molar-refractivity contribution in [3.8, 4) is 0 Å². The van der Waals surface area contributed by atoms with E-state index in [1.165, 1.54) is 0 Å². The van der Waals surface area contributed by atoms with Crippen LogP contribution in [0, 0.1) is 0 Å². The average Bonchev–Trinajstić information content (AvgIpc) is 2.60. The molecule has 3 nitrogen and oxygen atoms in total. The third-order valence-corrected chi connectivity index (χ3v) is 3.78. The van der Waals surface area contributed by atoms with Crippen molar-refractivity contribution in [2.75, 3.05) is 0 Å². The molecule has 2 rings (SSSR count). The number of hydrogen-bond donors (Lipinski definition) is 0. The summed E-state index contributed by atoms with van der Waals surface area (Å²) in [5.74, 6) is -2.29. The molecule has 0 fully saturated rings. The lowest BCUT2D eigenvalue weighted by Crippen LogP contribution is -2.25. The molecule has 118 valence electrons. The molecule has 0 spiro atoms. The van der Waals surface area contributed by atoms with Crippen LogP contribution in [0.4, 0.5) is 0 Å². The smallest absolute Gasteiger partial charge is 0.264 e. The Kier molecular flexibility index (Phi) is 5.98. The first-order valence-corrected chi connectivity index (χ1v) is 7.83. The standard InChI is InChI=1S/C20H20O3/c1-2-9-18(21)20(23)19(22)14-17(15-10-5-3-6-11-15)16-12-7-4-8-13-16/h3-8,10-13,17H,2,9,14H2,1H3. The van der Waals surface area contributed by atoms with E-state index < -0.39 is 17.3 Å². The Hall–Kier alpha value is -2.55. The first kappa shape index (κ1) is 16.8. The Balaban J connectivity index is 2.24. The van der Waals surface area contributed by atoms with Crippen LogP contribution in [-0.2, 0) is 14.4 Å². The van der Waals surface area contributed by atoms with Gasteiger partial charge in [-0.25, -0.2) is 0 Å². The van der Waals surface area contributed by atoms with Crippen molar-refractivity contribution in [3.05, 3.63) is 71.8 Å². The van der Waals surface area contributed by atoms with E-state index in [1.54, 1.807) is 0 Å². The molecular formula is C20H20O3. The topological polar surface area (TPSA) is 51.2 Å². The van der Waals surface area contributed by atoms with Gasteiger partial charge in [0.05, 0.1) is 0 Å². The highest BCUT2D eigenvalue weighted by Gasteiger charge is 2.26. The second-order valence-corrected chi connectivity index (χ2v) is 5.50. The summed E-state index contributed by atoms with van der Waals surface area (Å²) >= 11 is 0. The number of ketones is 3. The maximum atomic E-state index is 12.2. The highest BCUT2D eigenvalue weighted by molar-refractivity contribution is 6.63. The minimum absolute atomic E-state index is 0.0162. The maximum Gasteiger partial charge on any atom is 0.264 e. The number of carbonyl (C=O) groups is 3. The molecule has 0 unspecified atom stereocenters. The summed E-state index contributed by atoms with van der Waals surface area (Å²) in [5, 5.41) is 0. The van der Waals surface area contributed by atoms with Gasteiger partial charge in [-0.15, -0.1) is 0 Å². The van der Waals surface area contributed by atoms with Crippen LogP contribution in [0.15, 0.2) is 60.7 Å². The van der Waals surface area contributed by atoms with Crippen LogP contribution >= 0.6 is 0 Å². The molecule has 2 aromatic carbocycles. The Bertz CT molecular complexity index is 635. The molecule has 0 aliphatic rings. The highest BCUT2D eigenvalue weighted by atomic mass is 16.2. The van der Waals surface area contributed by atoms with Crippen LogP contribution in [-0.4, -0.2) is 17.3 Å². The third-order valence-electron chi connectivity index (χ3n) is 3.78. The van der Waals surface area contributed by atoms with Crippen LogP contribution in [0.1, 0.15) is 43.2 Å². The zero-order valence-corrected chi connectivity index (χ0v) is 13.2.